The Hall–Kier alpha value is -2.60. The van der Waals surface area contributed by atoms with Crippen LogP contribution in [0.15, 0.2) is 36.5 Å². The van der Waals surface area contributed by atoms with Gasteiger partial charge < -0.3 is 15.2 Å². The summed E-state index contributed by atoms with van der Waals surface area (Å²) in [5, 5.41) is 15.6. The lowest BCUT2D eigenvalue weighted by Gasteiger charge is -2.05. The summed E-state index contributed by atoms with van der Waals surface area (Å²) >= 11 is 6.06. The molecule has 0 atom stereocenters. The number of nitrogens with one attached hydrogen (secondary N) is 2. The number of rotatable bonds is 5. The topological polar surface area (TPSA) is 71.8 Å². The first-order chi connectivity index (χ1) is 11.6. The first-order valence-corrected chi connectivity index (χ1v) is 7.99. The molecule has 2 N–H and O–H groups in total. The van der Waals surface area contributed by atoms with Crippen molar-refractivity contribution >= 4 is 34.2 Å². The fraction of sp³-hybridized carbons (Fsp3) is 0.235. The van der Waals surface area contributed by atoms with Gasteiger partial charge in [0.05, 0.1) is 0 Å². The fourth-order valence-corrected chi connectivity index (χ4v) is 2.81. The van der Waals surface area contributed by atoms with Crippen LogP contribution in [0.4, 0.5) is 5.82 Å². The molecule has 0 radical (unpaired) electrons. The third-order valence-corrected chi connectivity index (χ3v) is 4.10. The number of nitrogens with zero attached hydrogens (tertiary/aromatic N) is 3. The SMILES string of the molecule is CNC(=O)c1ccc(NCCc2cn(C)c3cc(Cl)ccc23)nn1. The summed E-state index contributed by atoms with van der Waals surface area (Å²) < 4.78 is 2.08. The molecule has 1 amide bonds. The Morgan fingerprint density at radius 1 is 1.25 bits per heavy atom. The van der Waals surface area contributed by atoms with Gasteiger partial charge in [0.1, 0.15) is 5.82 Å². The number of hydrogen-bond acceptors (Lipinski definition) is 4. The standard InChI is InChI=1S/C17H18ClN5O/c1-19-17(24)14-5-6-16(22-21-14)20-8-7-11-10-23(2)15-9-12(18)3-4-13(11)15/h3-6,9-10H,7-8H2,1-2H3,(H,19,24)(H,20,22). The lowest BCUT2D eigenvalue weighted by molar-refractivity contribution is 0.0957. The highest BCUT2D eigenvalue weighted by atomic mass is 35.5. The number of hydrogen-bond donors (Lipinski definition) is 2. The van der Waals surface area contributed by atoms with Crippen LogP contribution in [0.5, 0.6) is 0 Å². The molecule has 0 unspecified atom stereocenters. The molecule has 2 heterocycles. The predicted octanol–water partition coefficient (Wildman–Crippen LogP) is 2.64. The summed E-state index contributed by atoms with van der Waals surface area (Å²) in [6, 6.07) is 9.32. The second-order valence-electron chi connectivity index (χ2n) is 5.49. The first-order valence-electron chi connectivity index (χ1n) is 7.61. The van der Waals surface area contributed by atoms with Crippen LogP contribution >= 0.6 is 11.6 Å². The number of aryl methyl sites for hydroxylation is 1. The Labute approximate surface area is 144 Å². The van der Waals surface area contributed by atoms with Crippen molar-refractivity contribution in [2.24, 2.45) is 7.05 Å². The van der Waals surface area contributed by atoms with E-state index in [1.807, 2.05) is 25.2 Å². The molecule has 0 aliphatic rings. The van der Waals surface area contributed by atoms with Crippen molar-refractivity contribution < 1.29 is 4.79 Å². The zero-order valence-electron chi connectivity index (χ0n) is 13.5. The molecule has 0 saturated carbocycles. The van der Waals surface area contributed by atoms with Gasteiger partial charge in [-0.2, -0.15) is 0 Å². The van der Waals surface area contributed by atoms with Crippen LogP contribution in [0.3, 0.4) is 0 Å². The molecule has 0 spiro atoms. The van der Waals surface area contributed by atoms with E-state index in [1.54, 1.807) is 19.2 Å². The quantitative estimate of drug-likeness (QED) is 0.747. The molecular weight excluding hydrogens is 326 g/mol. The van der Waals surface area contributed by atoms with Crippen LogP contribution in [-0.2, 0) is 13.5 Å². The van der Waals surface area contributed by atoms with Gasteiger partial charge in [0, 0.05) is 42.8 Å². The Balaban J connectivity index is 1.65. The maximum absolute atomic E-state index is 11.4. The lowest BCUT2D eigenvalue weighted by atomic mass is 10.1. The molecule has 2 aromatic heterocycles. The van der Waals surface area contributed by atoms with Crippen molar-refractivity contribution in [2.75, 3.05) is 18.9 Å². The van der Waals surface area contributed by atoms with Crippen molar-refractivity contribution in [2.45, 2.75) is 6.42 Å². The number of aromatic nitrogens is 3. The molecular formula is C17H18ClN5O. The van der Waals surface area contributed by atoms with Crippen molar-refractivity contribution in [3.8, 4) is 0 Å². The minimum absolute atomic E-state index is 0.247. The number of amides is 1. The second kappa shape index (κ2) is 6.88. The molecule has 6 nitrogen and oxygen atoms in total. The van der Waals surface area contributed by atoms with Gasteiger partial charge in [-0.15, -0.1) is 10.2 Å². The lowest BCUT2D eigenvalue weighted by Crippen LogP contribution is -2.20. The van der Waals surface area contributed by atoms with E-state index in [-0.39, 0.29) is 5.91 Å². The molecule has 7 heteroatoms. The van der Waals surface area contributed by atoms with E-state index in [0.29, 0.717) is 11.5 Å². The van der Waals surface area contributed by atoms with Crippen LogP contribution in [-0.4, -0.2) is 34.3 Å². The Kier molecular flexibility index (Phi) is 4.66. The van der Waals surface area contributed by atoms with Crippen LogP contribution in [0.2, 0.25) is 5.02 Å². The van der Waals surface area contributed by atoms with Crippen LogP contribution in [0.1, 0.15) is 16.1 Å². The van der Waals surface area contributed by atoms with E-state index in [9.17, 15) is 4.79 Å². The number of fused-ring (bicyclic) bond motifs is 1. The molecule has 0 bridgehead atoms. The predicted molar refractivity (Wildman–Crippen MR) is 95.5 cm³/mol. The molecule has 3 aromatic rings. The van der Waals surface area contributed by atoms with Crippen molar-refractivity contribution in [1.82, 2.24) is 20.1 Å². The first kappa shape index (κ1) is 16.3. The summed E-state index contributed by atoms with van der Waals surface area (Å²) in [7, 11) is 3.58. The minimum atomic E-state index is -0.247. The third kappa shape index (κ3) is 3.33. The molecule has 0 aliphatic heterocycles. The number of benzene rings is 1. The highest BCUT2D eigenvalue weighted by Crippen LogP contribution is 2.24. The minimum Gasteiger partial charge on any atom is -0.368 e. The molecule has 124 valence electrons. The fourth-order valence-electron chi connectivity index (χ4n) is 2.64. The van der Waals surface area contributed by atoms with Crippen molar-refractivity contribution in [3.63, 3.8) is 0 Å². The van der Waals surface area contributed by atoms with Crippen LogP contribution < -0.4 is 10.6 Å². The normalized spacial score (nSPS) is 10.8. The molecule has 1 aromatic carbocycles. The smallest absolute Gasteiger partial charge is 0.271 e. The summed E-state index contributed by atoms with van der Waals surface area (Å²) in [5.74, 6) is 0.398. The molecule has 0 fully saturated rings. The van der Waals surface area contributed by atoms with Crippen molar-refractivity contribution in [1.29, 1.82) is 0 Å². The van der Waals surface area contributed by atoms with E-state index >= 15 is 0 Å². The van der Waals surface area contributed by atoms with Gasteiger partial charge in [0.15, 0.2) is 5.69 Å². The Bertz CT molecular complexity index is 873. The van der Waals surface area contributed by atoms with Gasteiger partial charge >= 0.3 is 0 Å². The largest absolute Gasteiger partial charge is 0.368 e. The zero-order valence-corrected chi connectivity index (χ0v) is 14.3. The Morgan fingerprint density at radius 2 is 2.08 bits per heavy atom. The number of carbonyl (C=O) groups is 1. The molecule has 3 rings (SSSR count). The highest BCUT2D eigenvalue weighted by molar-refractivity contribution is 6.31. The monoisotopic (exact) mass is 343 g/mol. The third-order valence-electron chi connectivity index (χ3n) is 3.86. The van der Waals surface area contributed by atoms with Crippen molar-refractivity contribution in [3.05, 3.63) is 52.8 Å². The van der Waals surface area contributed by atoms with E-state index in [2.05, 4.69) is 31.6 Å². The van der Waals surface area contributed by atoms with Gasteiger partial charge in [0.25, 0.3) is 5.91 Å². The highest BCUT2D eigenvalue weighted by Gasteiger charge is 2.08. The van der Waals surface area contributed by atoms with E-state index in [0.717, 1.165) is 23.5 Å². The van der Waals surface area contributed by atoms with Gasteiger partial charge in [-0.05, 0) is 36.2 Å². The molecule has 0 saturated heterocycles. The number of carbonyl (C=O) groups excluding carboxylic acids is 1. The van der Waals surface area contributed by atoms with Gasteiger partial charge in [-0.25, -0.2) is 0 Å². The van der Waals surface area contributed by atoms with Gasteiger partial charge in [-0.1, -0.05) is 17.7 Å². The van der Waals surface area contributed by atoms with Crippen LogP contribution in [0.25, 0.3) is 10.9 Å². The summed E-state index contributed by atoms with van der Waals surface area (Å²) in [5.41, 5.74) is 2.66. The summed E-state index contributed by atoms with van der Waals surface area (Å²) in [6.45, 7) is 0.718. The number of halogens is 1. The second-order valence-corrected chi connectivity index (χ2v) is 5.92. The Morgan fingerprint density at radius 3 is 2.79 bits per heavy atom. The maximum atomic E-state index is 11.4. The average molecular weight is 344 g/mol. The van der Waals surface area contributed by atoms with Gasteiger partial charge in [-0.3, -0.25) is 4.79 Å². The number of anilines is 1. The van der Waals surface area contributed by atoms with Gasteiger partial charge in [0.2, 0.25) is 0 Å². The van der Waals surface area contributed by atoms with E-state index < -0.39 is 0 Å². The molecule has 24 heavy (non-hydrogen) atoms. The summed E-state index contributed by atoms with van der Waals surface area (Å²) in [4.78, 5) is 11.4. The average Bonchev–Trinajstić information content (AvgIpc) is 2.90. The summed E-state index contributed by atoms with van der Waals surface area (Å²) in [6.07, 6.45) is 2.96. The van der Waals surface area contributed by atoms with E-state index in [1.165, 1.54) is 10.9 Å². The van der Waals surface area contributed by atoms with Crippen LogP contribution in [0, 0.1) is 0 Å². The zero-order chi connectivity index (χ0) is 17.1. The van der Waals surface area contributed by atoms with E-state index in [4.69, 9.17) is 11.6 Å². The maximum Gasteiger partial charge on any atom is 0.271 e. The molecule has 0 aliphatic carbocycles.